The van der Waals surface area contributed by atoms with Crippen LogP contribution < -0.4 is 0 Å². The number of hydrogen-bond donors (Lipinski definition) is 0. The Kier molecular flexibility index (Phi) is 4.68. The minimum Gasteiger partial charge on any atom is -0.333 e. The van der Waals surface area contributed by atoms with Gasteiger partial charge in [-0.25, -0.2) is 0 Å². The van der Waals surface area contributed by atoms with E-state index >= 15 is 0 Å². The van der Waals surface area contributed by atoms with Crippen molar-refractivity contribution in [2.45, 2.75) is 19.5 Å². The predicted molar refractivity (Wildman–Crippen MR) is 90.8 cm³/mol. The van der Waals surface area contributed by atoms with Gasteiger partial charge in [0.25, 0.3) is 5.91 Å². The van der Waals surface area contributed by atoms with E-state index in [1.807, 2.05) is 29.2 Å². The van der Waals surface area contributed by atoms with Crippen molar-refractivity contribution in [3.63, 3.8) is 0 Å². The second kappa shape index (κ2) is 6.72. The fraction of sp³-hybridized carbons (Fsp3) is 0.412. The van der Waals surface area contributed by atoms with Crippen LogP contribution in [0.3, 0.4) is 0 Å². The molecule has 6 heteroatoms. The molecular weight excluding hydrogens is 312 g/mol. The molecule has 23 heavy (non-hydrogen) atoms. The van der Waals surface area contributed by atoms with Crippen LogP contribution in [0.4, 0.5) is 0 Å². The highest BCUT2D eigenvalue weighted by Gasteiger charge is 2.27. The number of carbonyl (C=O) groups is 1. The molecule has 1 saturated heterocycles. The summed E-state index contributed by atoms with van der Waals surface area (Å²) in [5, 5.41) is 5.02. The fourth-order valence-electron chi connectivity index (χ4n) is 2.97. The van der Waals surface area contributed by atoms with E-state index in [1.165, 1.54) is 0 Å². The Hall–Kier alpha value is -1.85. The second-order valence-corrected chi connectivity index (χ2v) is 6.54. The number of nitrogens with zero attached hydrogens (tertiary/aromatic N) is 4. The molecule has 3 rings (SSSR count). The SMILES string of the molecule is CC1CN(C)CCN1C(=O)c1cnn(Cc2ccccc2Cl)c1. The summed E-state index contributed by atoms with van der Waals surface area (Å²) >= 11 is 6.18. The van der Waals surface area contributed by atoms with Crippen LogP contribution in [-0.4, -0.2) is 58.2 Å². The number of aromatic nitrogens is 2. The van der Waals surface area contributed by atoms with Gasteiger partial charge in [-0.05, 0) is 25.6 Å². The molecule has 5 nitrogen and oxygen atoms in total. The Morgan fingerprint density at radius 2 is 2.13 bits per heavy atom. The van der Waals surface area contributed by atoms with Crippen molar-refractivity contribution >= 4 is 17.5 Å². The monoisotopic (exact) mass is 332 g/mol. The fourth-order valence-corrected chi connectivity index (χ4v) is 3.16. The van der Waals surface area contributed by atoms with Gasteiger partial charge in [-0.15, -0.1) is 0 Å². The highest BCUT2D eigenvalue weighted by atomic mass is 35.5. The van der Waals surface area contributed by atoms with Gasteiger partial charge in [0.05, 0.1) is 18.3 Å². The molecule has 0 aliphatic carbocycles. The van der Waals surface area contributed by atoms with Gasteiger partial charge in [-0.2, -0.15) is 5.10 Å². The number of amides is 1. The van der Waals surface area contributed by atoms with E-state index in [-0.39, 0.29) is 11.9 Å². The van der Waals surface area contributed by atoms with Crippen molar-refractivity contribution in [1.82, 2.24) is 19.6 Å². The summed E-state index contributed by atoms with van der Waals surface area (Å²) < 4.78 is 1.76. The van der Waals surface area contributed by atoms with Crippen LogP contribution in [0.2, 0.25) is 5.02 Å². The standard InChI is InChI=1S/C17H21ClN4O/c1-13-10-20(2)7-8-22(13)17(23)15-9-19-21(12-15)11-14-5-3-4-6-16(14)18/h3-6,9,12-13H,7-8,10-11H2,1-2H3. The first kappa shape index (κ1) is 16.0. The Morgan fingerprint density at radius 3 is 2.87 bits per heavy atom. The third-order valence-corrected chi connectivity index (χ3v) is 4.63. The topological polar surface area (TPSA) is 41.4 Å². The highest BCUT2D eigenvalue weighted by molar-refractivity contribution is 6.31. The van der Waals surface area contributed by atoms with E-state index in [1.54, 1.807) is 17.1 Å². The molecule has 1 atom stereocenters. The molecule has 1 amide bonds. The van der Waals surface area contributed by atoms with Crippen molar-refractivity contribution < 1.29 is 4.79 Å². The van der Waals surface area contributed by atoms with Gasteiger partial charge in [-0.1, -0.05) is 29.8 Å². The summed E-state index contributed by atoms with van der Waals surface area (Å²) in [6.45, 7) is 5.21. The molecule has 0 N–H and O–H groups in total. The van der Waals surface area contributed by atoms with Crippen LogP contribution in [0.1, 0.15) is 22.8 Å². The first-order chi connectivity index (χ1) is 11.0. The first-order valence-electron chi connectivity index (χ1n) is 7.80. The van der Waals surface area contributed by atoms with Crippen LogP contribution in [0.15, 0.2) is 36.7 Å². The highest BCUT2D eigenvalue weighted by Crippen LogP contribution is 2.17. The Morgan fingerprint density at radius 1 is 1.35 bits per heavy atom. The third-order valence-electron chi connectivity index (χ3n) is 4.26. The average Bonchev–Trinajstić information content (AvgIpc) is 2.98. The maximum Gasteiger partial charge on any atom is 0.257 e. The van der Waals surface area contributed by atoms with Crippen molar-refractivity contribution in [3.8, 4) is 0 Å². The van der Waals surface area contributed by atoms with Gasteiger partial charge in [0.1, 0.15) is 0 Å². The molecule has 1 aromatic heterocycles. The van der Waals surface area contributed by atoms with E-state index in [2.05, 4.69) is 24.0 Å². The predicted octanol–water partition coefficient (Wildman–Crippen LogP) is 2.36. The molecule has 0 radical (unpaired) electrons. The van der Waals surface area contributed by atoms with Crippen LogP contribution in [0.25, 0.3) is 0 Å². The van der Waals surface area contributed by atoms with Gasteiger partial charge in [0.15, 0.2) is 0 Å². The molecule has 1 aliphatic heterocycles. The minimum absolute atomic E-state index is 0.0519. The maximum absolute atomic E-state index is 12.7. The third kappa shape index (κ3) is 3.57. The van der Waals surface area contributed by atoms with Gasteiger partial charge >= 0.3 is 0 Å². The van der Waals surface area contributed by atoms with E-state index in [4.69, 9.17) is 11.6 Å². The van der Waals surface area contributed by atoms with Crippen molar-refractivity contribution in [2.75, 3.05) is 26.7 Å². The lowest BCUT2D eigenvalue weighted by Gasteiger charge is -2.38. The molecule has 122 valence electrons. The molecule has 0 spiro atoms. The molecule has 2 aromatic rings. The number of piperazine rings is 1. The summed E-state index contributed by atoms with van der Waals surface area (Å²) in [6.07, 6.45) is 3.45. The lowest BCUT2D eigenvalue weighted by molar-refractivity contribution is 0.0533. The quantitative estimate of drug-likeness (QED) is 0.866. The lowest BCUT2D eigenvalue weighted by atomic mass is 10.1. The Labute approximate surface area is 141 Å². The molecule has 1 fully saturated rings. The first-order valence-corrected chi connectivity index (χ1v) is 8.18. The molecule has 0 saturated carbocycles. The number of likely N-dealkylation sites (N-methyl/N-ethyl adjacent to an activating group) is 1. The van der Waals surface area contributed by atoms with Gasteiger partial charge in [0, 0.05) is 36.9 Å². The molecule has 0 bridgehead atoms. The van der Waals surface area contributed by atoms with Gasteiger partial charge in [0.2, 0.25) is 0 Å². The molecule has 2 heterocycles. The number of hydrogen-bond acceptors (Lipinski definition) is 3. The lowest BCUT2D eigenvalue weighted by Crippen LogP contribution is -2.52. The Balaban J connectivity index is 1.71. The molecule has 1 aromatic carbocycles. The minimum atomic E-state index is 0.0519. The summed E-state index contributed by atoms with van der Waals surface area (Å²) in [4.78, 5) is 16.9. The van der Waals surface area contributed by atoms with Crippen molar-refractivity contribution in [3.05, 3.63) is 52.8 Å². The second-order valence-electron chi connectivity index (χ2n) is 6.13. The van der Waals surface area contributed by atoms with E-state index in [0.717, 1.165) is 25.2 Å². The number of carbonyl (C=O) groups excluding carboxylic acids is 1. The average molecular weight is 333 g/mol. The largest absolute Gasteiger partial charge is 0.333 e. The molecule has 1 aliphatic rings. The summed E-state index contributed by atoms with van der Waals surface area (Å²) in [5.41, 5.74) is 1.62. The summed E-state index contributed by atoms with van der Waals surface area (Å²) in [6, 6.07) is 7.89. The van der Waals surface area contributed by atoms with Gasteiger partial charge < -0.3 is 9.80 Å². The summed E-state index contributed by atoms with van der Waals surface area (Å²) in [5.74, 6) is 0.0519. The number of halogens is 1. The zero-order valence-corrected chi connectivity index (χ0v) is 14.2. The van der Waals surface area contributed by atoms with Crippen LogP contribution in [0, 0.1) is 0 Å². The van der Waals surface area contributed by atoms with Crippen LogP contribution >= 0.6 is 11.6 Å². The summed E-state index contributed by atoms with van der Waals surface area (Å²) in [7, 11) is 2.08. The maximum atomic E-state index is 12.7. The zero-order chi connectivity index (χ0) is 16.4. The van der Waals surface area contributed by atoms with E-state index in [9.17, 15) is 4.79 Å². The van der Waals surface area contributed by atoms with E-state index < -0.39 is 0 Å². The van der Waals surface area contributed by atoms with Crippen LogP contribution in [-0.2, 0) is 6.54 Å². The Bertz CT molecular complexity index is 699. The van der Waals surface area contributed by atoms with E-state index in [0.29, 0.717) is 17.1 Å². The smallest absolute Gasteiger partial charge is 0.257 e. The number of benzene rings is 1. The molecular formula is C17H21ClN4O. The molecule has 1 unspecified atom stereocenters. The van der Waals surface area contributed by atoms with Crippen molar-refractivity contribution in [2.24, 2.45) is 0 Å². The normalized spacial score (nSPS) is 19.1. The van der Waals surface area contributed by atoms with Crippen LogP contribution in [0.5, 0.6) is 0 Å². The van der Waals surface area contributed by atoms with Gasteiger partial charge in [-0.3, -0.25) is 9.48 Å². The van der Waals surface area contributed by atoms with Crippen molar-refractivity contribution in [1.29, 1.82) is 0 Å². The number of rotatable bonds is 3. The zero-order valence-electron chi connectivity index (χ0n) is 13.4.